The molecule has 0 atom stereocenters. The number of carbonyl (C=O) groups excluding carboxylic acids is 1. The number of hydrogen-bond acceptors (Lipinski definition) is 5. The zero-order valence-corrected chi connectivity index (χ0v) is 19.2. The smallest absolute Gasteiger partial charge is 0.330 e. The number of halogens is 3. The molecule has 11 heteroatoms. The number of imidazole rings is 1. The molecule has 1 spiro atoms. The van der Waals surface area contributed by atoms with Crippen molar-refractivity contribution >= 4 is 22.8 Å². The van der Waals surface area contributed by atoms with Gasteiger partial charge in [-0.1, -0.05) is 12.1 Å². The first kappa shape index (κ1) is 22.6. The number of hydrogen-bond donors (Lipinski definition) is 1. The van der Waals surface area contributed by atoms with Gasteiger partial charge in [-0.2, -0.15) is 13.2 Å². The number of carbonyl (C=O) groups is 1. The lowest BCUT2D eigenvalue weighted by Crippen LogP contribution is -2.54. The van der Waals surface area contributed by atoms with Crippen LogP contribution >= 0.6 is 0 Å². The highest BCUT2D eigenvalue weighted by molar-refractivity contribution is 5.95. The second-order valence-corrected chi connectivity index (χ2v) is 9.47. The van der Waals surface area contributed by atoms with Crippen molar-refractivity contribution in [2.24, 2.45) is 7.05 Å². The molecule has 1 N–H and O–H groups in total. The van der Waals surface area contributed by atoms with Gasteiger partial charge in [-0.25, -0.2) is 19.7 Å². The summed E-state index contributed by atoms with van der Waals surface area (Å²) in [5.74, 6) is -0.229. The molecule has 1 aromatic carbocycles. The van der Waals surface area contributed by atoms with E-state index in [1.807, 2.05) is 25.2 Å². The van der Waals surface area contributed by atoms with Crippen molar-refractivity contribution < 1.29 is 18.0 Å². The molecule has 5 rings (SSSR count). The summed E-state index contributed by atoms with van der Waals surface area (Å²) < 4.78 is 40.6. The Morgan fingerprint density at radius 1 is 1.06 bits per heavy atom. The number of amides is 2. The molecule has 1 saturated carbocycles. The lowest BCUT2D eigenvalue weighted by atomic mass is 9.71. The van der Waals surface area contributed by atoms with Crippen LogP contribution in [0.5, 0.6) is 0 Å². The maximum absolute atomic E-state index is 12.8. The van der Waals surface area contributed by atoms with E-state index in [1.54, 1.807) is 0 Å². The summed E-state index contributed by atoms with van der Waals surface area (Å²) in [4.78, 5) is 28.2. The maximum atomic E-state index is 12.8. The first-order valence-corrected chi connectivity index (χ1v) is 11.1. The first-order valence-electron chi connectivity index (χ1n) is 11.1. The van der Waals surface area contributed by atoms with Gasteiger partial charge in [0, 0.05) is 7.05 Å². The van der Waals surface area contributed by atoms with Crippen molar-refractivity contribution in [1.29, 1.82) is 0 Å². The summed E-state index contributed by atoms with van der Waals surface area (Å²) >= 11 is 0. The van der Waals surface area contributed by atoms with Crippen LogP contribution in [-0.4, -0.2) is 56.6 Å². The summed E-state index contributed by atoms with van der Waals surface area (Å²) in [6, 6.07) is 7.70. The van der Waals surface area contributed by atoms with Crippen LogP contribution in [0, 0.1) is 0 Å². The van der Waals surface area contributed by atoms with Gasteiger partial charge < -0.3 is 9.88 Å². The Morgan fingerprint density at radius 3 is 2.29 bits per heavy atom. The standard InChI is InChI=1S/C23H26F3N7O/c1-31(2)22(19-29-16-6-4-5-7-17(16)32(19)3)10-8-21(9-11-22)14-33(20(34)30-21)15-12-27-18(28-13-15)23(24,25)26/h4-7,12-13H,8-11,14H2,1-3H3,(H,30,34)/t21-,22+. The Kier molecular flexibility index (Phi) is 5.08. The number of rotatable bonds is 3. The number of nitrogens with one attached hydrogen (secondary N) is 1. The average Bonchev–Trinajstić information content (AvgIpc) is 3.31. The number of para-hydroxylation sites is 2. The third-order valence-electron chi connectivity index (χ3n) is 7.38. The average molecular weight is 474 g/mol. The van der Waals surface area contributed by atoms with E-state index in [4.69, 9.17) is 4.98 Å². The number of anilines is 1. The molecule has 1 aliphatic carbocycles. The predicted octanol–water partition coefficient (Wildman–Crippen LogP) is 3.68. The molecule has 3 heterocycles. The number of fused-ring (bicyclic) bond motifs is 1. The molecular formula is C23H26F3N7O. The van der Waals surface area contributed by atoms with Gasteiger partial charge in [-0.05, 0) is 51.9 Å². The van der Waals surface area contributed by atoms with Crippen LogP contribution in [0.25, 0.3) is 11.0 Å². The van der Waals surface area contributed by atoms with Crippen molar-refractivity contribution in [2.45, 2.75) is 42.9 Å². The fraction of sp³-hybridized carbons (Fsp3) is 0.478. The second-order valence-electron chi connectivity index (χ2n) is 9.47. The zero-order chi connectivity index (χ0) is 24.3. The highest BCUT2D eigenvalue weighted by Crippen LogP contribution is 2.46. The van der Waals surface area contributed by atoms with E-state index in [0.29, 0.717) is 19.4 Å². The number of aromatic nitrogens is 4. The molecule has 0 unspecified atom stereocenters. The molecule has 8 nitrogen and oxygen atoms in total. The summed E-state index contributed by atoms with van der Waals surface area (Å²) in [7, 11) is 6.14. The lowest BCUT2D eigenvalue weighted by Gasteiger charge is -2.47. The van der Waals surface area contributed by atoms with E-state index >= 15 is 0 Å². The highest BCUT2D eigenvalue weighted by Gasteiger charge is 2.52. The summed E-state index contributed by atoms with van der Waals surface area (Å²) in [5.41, 5.74) is 1.51. The SMILES string of the molecule is Cn1c2ccccc2nc1[C@]1(N(C)C)CC[C@@]2(CC1)CN(c1cnc(C(F)(F)F)nc1)C(=O)N2. The number of nitrogens with zero attached hydrogens (tertiary/aromatic N) is 6. The Balaban J connectivity index is 1.39. The molecule has 2 aliphatic rings. The highest BCUT2D eigenvalue weighted by atomic mass is 19.4. The summed E-state index contributed by atoms with van der Waals surface area (Å²) in [5, 5.41) is 3.10. The Morgan fingerprint density at radius 2 is 1.71 bits per heavy atom. The van der Waals surface area contributed by atoms with Gasteiger partial charge in [-0.15, -0.1) is 0 Å². The van der Waals surface area contributed by atoms with Crippen LogP contribution in [0.15, 0.2) is 36.7 Å². The van der Waals surface area contributed by atoms with E-state index in [9.17, 15) is 18.0 Å². The molecule has 1 saturated heterocycles. The van der Waals surface area contributed by atoms with Gasteiger partial charge in [0.25, 0.3) is 0 Å². The lowest BCUT2D eigenvalue weighted by molar-refractivity contribution is -0.144. The Hall–Kier alpha value is -3.21. The minimum Gasteiger partial charge on any atom is -0.330 e. The molecule has 34 heavy (non-hydrogen) atoms. The van der Waals surface area contributed by atoms with Gasteiger partial charge in [0.1, 0.15) is 5.82 Å². The van der Waals surface area contributed by atoms with Gasteiger partial charge in [-0.3, -0.25) is 9.80 Å². The van der Waals surface area contributed by atoms with E-state index in [2.05, 4.69) is 44.9 Å². The van der Waals surface area contributed by atoms with Crippen LogP contribution in [0.2, 0.25) is 0 Å². The fourth-order valence-electron chi connectivity index (χ4n) is 5.38. The number of alkyl halides is 3. The van der Waals surface area contributed by atoms with Crippen molar-refractivity contribution in [2.75, 3.05) is 25.5 Å². The van der Waals surface area contributed by atoms with Crippen molar-refractivity contribution in [3.05, 3.63) is 48.3 Å². The third kappa shape index (κ3) is 3.49. The molecule has 0 radical (unpaired) electrons. The number of urea groups is 1. The summed E-state index contributed by atoms with van der Waals surface area (Å²) in [6.45, 7) is 0.354. The molecule has 0 bridgehead atoms. The first-order chi connectivity index (χ1) is 16.0. The predicted molar refractivity (Wildman–Crippen MR) is 120 cm³/mol. The number of benzene rings is 1. The van der Waals surface area contributed by atoms with Gasteiger partial charge in [0.05, 0.1) is 46.7 Å². The number of aryl methyl sites for hydroxylation is 1. The molecule has 1 aliphatic heterocycles. The minimum atomic E-state index is -4.62. The van der Waals surface area contributed by atoms with Crippen LogP contribution in [0.4, 0.5) is 23.7 Å². The van der Waals surface area contributed by atoms with Gasteiger partial charge in [0.2, 0.25) is 5.82 Å². The second kappa shape index (κ2) is 7.66. The van der Waals surface area contributed by atoms with Crippen LogP contribution in [0.1, 0.15) is 37.3 Å². The normalized spacial score (nSPS) is 25.5. The fourth-order valence-corrected chi connectivity index (χ4v) is 5.38. The third-order valence-corrected chi connectivity index (χ3v) is 7.38. The van der Waals surface area contributed by atoms with Crippen molar-refractivity contribution in [3.8, 4) is 0 Å². The van der Waals surface area contributed by atoms with E-state index in [1.165, 1.54) is 4.90 Å². The molecule has 2 aromatic heterocycles. The topological polar surface area (TPSA) is 79.2 Å². The Bertz CT molecular complexity index is 1230. The molecule has 180 valence electrons. The minimum absolute atomic E-state index is 0.252. The van der Waals surface area contributed by atoms with Crippen LogP contribution in [-0.2, 0) is 18.8 Å². The van der Waals surface area contributed by atoms with E-state index in [-0.39, 0.29) is 17.3 Å². The molecule has 2 fully saturated rings. The quantitative estimate of drug-likeness (QED) is 0.628. The van der Waals surface area contributed by atoms with Crippen LogP contribution < -0.4 is 10.2 Å². The van der Waals surface area contributed by atoms with E-state index in [0.717, 1.165) is 42.1 Å². The van der Waals surface area contributed by atoms with Gasteiger partial charge in [0.15, 0.2) is 0 Å². The monoisotopic (exact) mass is 473 g/mol. The molecule has 3 aromatic rings. The van der Waals surface area contributed by atoms with Gasteiger partial charge >= 0.3 is 12.2 Å². The zero-order valence-electron chi connectivity index (χ0n) is 19.2. The maximum Gasteiger partial charge on any atom is 0.451 e. The van der Waals surface area contributed by atoms with Crippen molar-refractivity contribution in [1.82, 2.24) is 29.7 Å². The van der Waals surface area contributed by atoms with E-state index < -0.39 is 17.5 Å². The molecular weight excluding hydrogens is 447 g/mol. The molecule has 2 amide bonds. The Labute approximate surface area is 194 Å². The van der Waals surface area contributed by atoms with Crippen LogP contribution in [0.3, 0.4) is 0 Å². The largest absolute Gasteiger partial charge is 0.451 e. The summed E-state index contributed by atoms with van der Waals surface area (Å²) in [6.07, 6.45) is 0.448. The van der Waals surface area contributed by atoms with Crippen molar-refractivity contribution in [3.63, 3.8) is 0 Å².